The van der Waals surface area contributed by atoms with E-state index in [0.29, 0.717) is 6.54 Å². The number of aliphatic carboxylic acids is 1. The molecule has 132 valence electrons. The topological polar surface area (TPSA) is 46.1 Å². The van der Waals surface area contributed by atoms with Crippen molar-refractivity contribution in [2.75, 3.05) is 0 Å². The van der Waals surface area contributed by atoms with Gasteiger partial charge in [-0.2, -0.15) is 0 Å². The summed E-state index contributed by atoms with van der Waals surface area (Å²) in [6, 6.07) is 0. The van der Waals surface area contributed by atoms with Crippen LogP contribution in [0.3, 0.4) is 0 Å². The number of aromatic nitrogens is 2. The van der Waals surface area contributed by atoms with E-state index in [2.05, 4.69) is 29.2 Å². The molecular weight excluding hydrogens is 288 g/mol. The summed E-state index contributed by atoms with van der Waals surface area (Å²) in [5, 5.41) is 8.89. The summed E-state index contributed by atoms with van der Waals surface area (Å²) in [7, 11) is 0. The van der Waals surface area contributed by atoms with Gasteiger partial charge in [-0.1, -0.05) is 58.8 Å². The van der Waals surface area contributed by atoms with Crippen molar-refractivity contribution in [2.24, 2.45) is 0 Å². The van der Waals surface area contributed by atoms with Gasteiger partial charge < -0.3 is 5.11 Å². The average Bonchev–Trinajstić information content (AvgIpc) is 2.90. The van der Waals surface area contributed by atoms with Crippen LogP contribution in [0.25, 0.3) is 0 Å². The summed E-state index contributed by atoms with van der Waals surface area (Å²) in [5.74, 6) is 0.567. The van der Waals surface area contributed by atoms with Crippen LogP contribution in [0, 0.1) is 0 Å². The first-order chi connectivity index (χ1) is 11.2. The number of nitrogens with zero attached hydrogens (tertiary/aromatic N) is 2. The lowest BCUT2D eigenvalue weighted by Gasteiger charge is -2.05. The van der Waals surface area contributed by atoms with Crippen LogP contribution in [-0.4, -0.2) is 15.6 Å². The van der Waals surface area contributed by atoms with Crippen LogP contribution in [0.5, 0.6) is 0 Å². The number of unbranched alkanes of at least 4 members (excludes halogenated alkanes) is 7. The van der Waals surface area contributed by atoms with Gasteiger partial charge in [-0.05, 0) is 12.8 Å². The van der Waals surface area contributed by atoms with E-state index in [1.807, 2.05) is 6.20 Å². The van der Waals surface area contributed by atoms with Gasteiger partial charge in [0.25, 0.3) is 5.82 Å². The fourth-order valence-corrected chi connectivity index (χ4v) is 3.07. The van der Waals surface area contributed by atoms with Gasteiger partial charge in [-0.3, -0.25) is 4.79 Å². The SMILES string of the molecule is CCCCCCCCCCc1n(CCC(=O)O)cc[n+]1CCC. The molecule has 1 aromatic heterocycles. The second-order valence-electron chi connectivity index (χ2n) is 6.47. The normalized spacial score (nSPS) is 11.0. The molecule has 0 atom stereocenters. The Morgan fingerprint density at radius 2 is 1.70 bits per heavy atom. The zero-order valence-electron chi connectivity index (χ0n) is 15.1. The van der Waals surface area contributed by atoms with Crippen LogP contribution < -0.4 is 4.57 Å². The van der Waals surface area contributed by atoms with Crippen molar-refractivity contribution in [3.8, 4) is 0 Å². The van der Waals surface area contributed by atoms with Crippen molar-refractivity contribution in [3.05, 3.63) is 18.2 Å². The molecule has 0 amide bonds. The van der Waals surface area contributed by atoms with Crippen LogP contribution in [0.2, 0.25) is 0 Å². The van der Waals surface area contributed by atoms with E-state index in [-0.39, 0.29) is 6.42 Å². The molecule has 0 aliphatic heterocycles. The first kappa shape index (κ1) is 19.7. The minimum Gasteiger partial charge on any atom is -0.481 e. The van der Waals surface area contributed by atoms with Crippen molar-refractivity contribution in [1.29, 1.82) is 0 Å². The maximum atomic E-state index is 10.8. The van der Waals surface area contributed by atoms with Crippen molar-refractivity contribution >= 4 is 5.97 Å². The molecule has 0 saturated heterocycles. The highest BCUT2D eigenvalue weighted by molar-refractivity contribution is 5.66. The van der Waals surface area contributed by atoms with Gasteiger partial charge in [0.1, 0.15) is 18.9 Å². The predicted octanol–water partition coefficient (Wildman–Crippen LogP) is 4.34. The number of carboxylic acid groups (broad SMARTS) is 1. The molecule has 1 aromatic rings. The molecule has 0 fully saturated rings. The fourth-order valence-electron chi connectivity index (χ4n) is 3.07. The summed E-state index contributed by atoms with van der Waals surface area (Å²) in [6.45, 7) is 6.04. The van der Waals surface area contributed by atoms with Gasteiger partial charge in [0.05, 0.1) is 13.0 Å². The molecule has 1 N–H and O–H groups in total. The quantitative estimate of drug-likeness (QED) is 0.409. The minimum absolute atomic E-state index is 0.200. The number of carboxylic acids is 1. The van der Waals surface area contributed by atoms with Crippen LogP contribution >= 0.6 is 0 Å². The molecule has 1 heterocycles. The molecule has 0 unspecified atom stereocenters. The number of hydrogen-bond acceptors (Lipinski definition) is 1. The Bertz CT molecular complexity index is 441. The van der Waals surface area contributed by atoms with Gasteiger partial charge in [0, 0.05) is 6.42 Å². The van der Waals surface area contributed by atoms with Crippen LogP contribution in [0.1, 0.15) is 83.9 Å². The number of hydrogen-bond donors (Lipinski definition) is 1. The highest BCUT2D eigenvalue weighted by atomic mass is 16.4. The Kier molecular flexibility index (Phi) is 10.4. The van der Waals surface area contributed by atoms with E-state index < -0.39 is 5.97 Å². The van der Waals surface area contributed by atoms with Crippen molar-refractivity contribution in [2.45, 2.75) is 97.6 Å². The van der Waals surface area contributed by atoms with Crippen LogP contribution in [0.15, 0.2) is 12.4 Å². The zero-order valence-corrected chi connectivity index (χ0v) is 15.1. The molecular formula is C19H35N2O2+. The second-order valence-corrected chi connectivity index (χ2v) is 6.47. The van der Waals surface area contributed by atoms with Crippen molar-refractivity contribution < 1.29 is 14.5 Å². The number of aryl methyl sites for hydroxylation is 2. The zero-order chi connectivity index (χ0) is 16.9. The monoisotopic (exact) mass is 323 g/mol. The van der Waals surface area contributed by atoms with E-state index in [4.69, 9.17) is 5.11 Å². The van der Waals surface area contributed by atoms with Gasteiger partial charge >= 0.3 is 5.97 Å². The summed E-state index contributed by atoms with van der Waals surface area (Å²) in [4.78, 5) is 10.8. The molecule has 23 heavy (non-hydrogen) atoms. The van der Waals surface area contributed by atoms with Gasteiger partial charge in [0.2, 0.25) is 0 Å². The molecule has 0 spiro atoms. The standard InChI is InChI=1S/C19H34N2O2/c1-3-5-6-7-8-9-10-11-12-18-20(14-4-2)16-17-21(18)15-13-19(22)23/h16-17H,3-15H2,1-2H3/p+1. The van der Waals surface area contributed by atoms with E-state index in [1.54, 1.807) is 0 Å². The lowest BCUT2D eigenvalue weighted by Crippen LogP contribution is -2.37. The smallest absolute Gasteiger partial charge is 0.307 e. The van der Waals surface area contributed by atoms with Crippen molar-refractivity contribution in [1.82, 2.24) is 4.57 Å². The molecule has 4 heteroatoms. The molecule has 4 nitrogen and oxygen atoms in total. The minimum atomic E-state index is -0.723. The summed E-state index contributed by atoms with van der Waals surface area (Å²) in [5.41, 5.74) is 0. The lowest BCUT2D eigenvalue weighted by molar-refractivity contribution is -0.703. The number of carbonyl (C=O) groups is 1. The number of imidazole rings is 1. The summed E-state index contributed by atoms with van der Waals surface area (Å²) >= 11 is 0. The number of rotatable bonds is 14. The largest absolute Gasteiger partial charge is 0.481 e. The Hall–Kier alpha value is -1.32. The Morgan fingerprint density at radius 3 is 2.30 bits per heavy atom. The molecule has 0 saturated carbocycles. The average molecular weight is 324 g/mol. The molecule has 1 rings (SSSR count). The summed E-state index contributed by atoms with van der Waals surface area (Å²) in [6.07, 6.45) is 17.1. The molecule has 0 aliphatic rings. The predicted molar refractivity (Wildman–Crippen MR) is 93.5 cm³/mol. The first-order valence-corrected chi connectivity index (χ1v) is 9.48. The third-order valence-electron chi connectivity index (χ3n) is 4.37. The van der Waals surface area contributed by atoms with E-state index in [9.17, 15) is 4.79 Å². The Balaban J connectivity index is 2.37. The van der Waals surface area contributed by atoms with Crippen LogP contribution in [0.4, 0.5) is 0 Å². The highest BCUT2D eigenvalue weighted by Gasteiger charge is 2.16. The maximum Gasteiger partial charge on any atom is 0.307 e. The van der Waals surface area contributed by atoms with E-state index in [0.717, 1.165) is 19.4 Å². The van der Waals surface area contributed by atoms with Crippen LogP contribution in [-0.2, 0) is 24.3 Å². The highest BCUT2D eigenvalue weighted by Crippen LogP contribution is 2.11. The third kappa shape index (κ3) is 8.19. The maximum absolute atomic E-state index is 10.8. The fraction of sp³-hybridized carbons (Fsp3) is 0.789. The van der Waals surface area contributed by atoms with Gasteiger partial charge in [-0.15, -0.1) is 0 Å². The second kappa shape index (κ2) is 12.1. The molecule has 0 radical (unpaired) electrons. The van der Waals surface area contributed by atoms with Gasteiger partial charge in [0.15, 0.2) is 0 Å². The molecule has 0 aromatic carbocycles. The van der Waals surface area contributed by atoms with Crippen molar-refractivity contribution in [3.63, 3.8) is 0 Å². The third-order valence-corrected chi connectivity index (χ3v) is 4.37. The van der Waals surface area contributed by atoms with E-state index >= 15 is 0 Å². The first-order valence-electron chi connectivity index (χ1n) is 9.48. The Labute approximate surface area is 141 Å². The molecule has 0 aliphatic carbocycles. The van der Waals surface area contributed by atoms with Gasteiger partial charge in [-0.25, -0.2) is 9.13 Å². The molecule has 0 bridgehead atoms. The lowest BCUT2D eigenvalue weighted by atomic mass is 10.1. The Morgan fingerprint density at radius 1 is 1.04 bits per heavy atom. The summed E-state index contributed by atoms with van der Waals surface area (Å²) < 4.78 is 4.42. The van der Waals surface area contributed by atoms with E-state index in [1.165, 1.54) is 57.2 Å².